The van der Waals surface area contributed by atoms with Crippen LogP contribution < -0.4 is 10.6 Å². The van der Waals surface area contributed by atoms with Gasteiger partial charge < -0.3 is 15.4 Å². The van der Waals surface area contributed by atoms with E-state index in [1.54, 1.807) is 0 Å². The monoisotopic (exact) mass is 327 g/mol. The molecule has 1 aromatic rings. The average Bonchev–Trinajstić information content (AvgIpc) is 2.53. The largest absolute Gasteiger partial charge is 0.379 e. The van der Waals surface area contributed by atoms with Crippen molar-refractivity contribution in [1.82, 2.24) is 15.5 Å². The summed E-state index contributed by atoms with van der Waals surface area (Å²) in [6, 6.07) is 2.65. The molecular weight excluding hydrogens is 308 g/mol. The van der Waals surface area contributed by atoms with Gasteiger partial charge in [0.05, 0.1) is 25.3 Å². The highest BCUT2D eigenvalue weighted by Crippen LogP contribution is 2.08. The molecule has 1 fully saturated rings. The summed E-state index contributed by atoms with van der Waals surface area (Å²) in [7, 11) is 0. The van der Waals surface area contributed by atoms with E-state index < -0.39 is 17.5 Å². The third kappa shape index (κ3) is 5.57. The fourth-order valence-electron chi connectivity index (χ4n) is 2.17. The van der Waals surface area contributed by atoms with Gasteiger partial charge in [-0.05, 0) is 12.1 Å². The van der Waals surface area contributed by atoms with E-state index in [0.29, 0.717) is 32.4 Å². The van der Waals surface area contributed by atoms with Crippen molar-refractivity contribution in [3.05, 3.63) is 35.4 Å². The first kappa shape index (κ1) is 17.3. The summed E-state index contributed by atoms with van der Waals surface area (Å²) in [6.07, 6.45) is 0. The maximum Gasteiger partial charge on any atom is 0.254 e. The van der Waals surface area contributed by atoms with Crippen molar-refractivity contribution >= 4 is 11.8 Å². The number of amides is 2. The molecule has 1 aliphatic heterocycles. The van der Waals surface area contributed by atoms with E-state index in [1.807, 2.05) is 0 Å². The number of nitrogens with zero attached hydrogens (tertiary/aromatic N) is 1. The molecule has 0 saturated carbocycles. The molecule has 2 rings (SSSR count). The second-order valence-corrected chi connectivity index (χ2v) is 5.11. The molecule has 0 unspecified atom stereocenters. The van der Waals surface area contributed by atoms with Gasteiger partial charge in [-0.2, -0.15) is 0 Å². The van der Waals surface area contributed by atoms with Crippen molar-refractivity contribution in [2.75, 3.05) is 45.9 Å². The van der Waals surface area contributed by atoms with Crippen LogP contribution in [-0.4, -0.2) is 62.7 Å². The molecule has 126 valence electrons. The van der Waals surface area contributed by atoms with Crippen LogP contribution in [0.4, 0.5) is 8.78 Å². The van der Waals surface area contributed by atoms with Crippen molar-refractivity contribution in [2.45, 2.75) is 0 Å². The number of rotatable bonds is 6. The molecule has 0 aliphatic carbocycles. The number of carbonyl (C=O) groups excluding carboxylic acids is 2. The molecule has 0 radical (unpaired) electrons. The lowest BCUT2D eigenvalue weighted by Gasteiger charge is -2.26. The molecule has 2 amide bonds. The van der Waals surface area contributed by atoms with Gasteiger partial charge in [-0.1, -0.05) is 0 Å². The molecule has 2 N–H and O–H groups in total. The Balaban J connectivity index is 1.68. The molecule has 23 heavy (non-hydrogen) atoms. The first-order valence-electron chi connectivity index (χ1n) is 7.36. The van der Waals surface area contributed by atoms with Gasteiger partial charge in [0.2, 0.25) is 5.91 Å². The Hall–Kier alpha value is -2.06. The maximum atomic E-state index is 13.4. The van der Waals surface area contributed by atoms with Gasteiger partial charge in [-0.3, -0.25) is 14.5 Å². The first-order valence-corrected chi connectivity index (χ1v) is 7.36. The number of ether oxygens (including phenoxy) is 1. The number of carbonyl (C=O) groups is 2. The Morgan fingerprint density at radius 2 is 1.91 bits per heavy atom. The van der Waals surface area contributed by atoms with Crippen molar-refractivity contribution < 1.29 is 23.1 Å². The van der Waals surface area contributed by atoms with Crippen LogP contribution in [0.2, 0.25) is 0 Å². The lowest BCUT2D eigenvalue weighted by atomic mass is 10.2. The predicted molar refractivity (Wildman–Crippen MR) is 79.0 cm³/mol. The number of benzene rings is 1. The van der Waals surface area contributed by atoms with Crippen molar-refractivity contribution in [2.24, 2.45) is 0 Å². The lowest BCUT2D eigenvalue weighted by Crippen LogP contribution is -2.43. The summed E-state index contributed by atoms with van der Waals surface area (Å²) in [5.41, 5.74) is -0.299. The van der Waals surface area contributed by atoms with Crippen LogP contribution in [0.3, 0.4) is 0 Å². The smallest absolute Gasteiger partial charge is 0.254 e. The minimum atomic E-state index is -0.963. The highest BCUT2D eigenvalue weighted by atomic mass is 19.1. The quantitative estimate of drug-likeness (QED) is 0.780. The fraction of sp³-hybridized carbons (Fsp3) is 0.467. The molecule has 0 spiro atoms. The molecule has 0 aromatic heterocycles. The van der Waals surface area contributed by atoms with Gasteiger partial charge in [0.25, 0.3) is 5.91 Å². The van der Waals surface area contributed by atoms with E-state index in [4.69, 9.17) is 4.74 Å². The molecule has 1 aliphatic rings. The first-order chi connectivity index (χ1) is 11.1. The topological polar surface area (TPSA) is 70.7 Å². The molecular formula is C15H19F2N3O3. The van der Waals surface area contributed by atoms with Crippen LogP contribution in [0.5, 0.6) is 0 Å². The molecule has 0 bridgehead atoms. The summed E-state index contributed by atoms with van der Waals surface area (Å²) in [5, 5.41) is 4.97. The van der Waals surface area contributed by atoms with E-state index in [9.17, 15) is 18.4 Å². The van der Waals surface area contributed by atoms with E-state index >= 15 is 0 Å². The van der Waals surface area contributed by atoms with E-state index in [2.05, 4.69) is 15.5 Å². The zero-order chi connectivity index (χ0) is 16.7. The Labute approximate surface area is 132 Å². The Kier molecular flexibility index (Phi) is 6.42. The third-order valence-electron chi connectivity index (χ3n) is 3.44. The average molecular weight is 327 g/mol. The molecule has 1 aromatic carbocycles. The Morgan fingerprint density at radius 1 is 1.17 bits per heavy atom. The summed E-state index contributed by atoms with van der Waals surface area (Å²) in [5.74, 6) is -2.85. The maximum absolute atomic E-state index is 13.4. The van der Waals surface area contributed by atoms with Gasteiger partial charge in [-0.15, -0.1) is 0 Å². The minimum Gasteiger partial charge on any atom is -0.379 e. The summed E-state index contributed by atoms with van der Waals surface area (Å²) < 4.78 is 31.4. The van der Waals surface area contributed by atoms with Crippen LogP contribution in [0.15, 0.2) is 18.2 Å². The summed E-state index contributed by atoms with van der Waals surface area (Å²) in [6.45, 7) is 3.93. The summed E-state index contributed by atoms with van der Waals surface area (Å²) in [4.78, 5) is 25.5. The van der Waals surface area contributed by atoms with Gasteiger partial charge in [0.15, 0.2) is 0 Å². The predicted octanol–water partition coefficient (Wildman–Crippen LogP) is 0.143. The van der Waals surface area contributed by atoms with Gasteiger partial charge in [0, 0.05) is 32.2 Å². The zero-order valence-corrected chi connectivity index (χ0v) is 12.6. The van der Waals surface area contributed by atoms with Gasteiger partial charge in [-0.25, -0.2) is 8.78 Å². The standard InChI is InChI=1S/C15H19F2N3O3/c16-11-1-2-12(13(17)9-11)15(22)19-10-14(21)18-3-4-20-5-7-23-8-6-20/h1-2,9H,3-8,10H2,(H,18,21)(H,19,22). The molecule has 0 atom stereocenters. The molecule has 1 heterocycles. The SMILES string of the molecule is O=C(CNC(=O)c1ccc(F)cc1F)NCCN1CCOCC1. The van der Waals surface area contributed by atoms with Crippen LogP contribution >= 0.6 is 0 Å². The molecule has 6 nitrogen and oxygen atoms in total. The fourth-order valence-corrected chi connectivity index (χ4v) is 2.17. The normalized spacial score (nSPS) is 15.2. The van der Waals surface area contributed by atoms with Crippen molar-refractivity contribution in [3.8, 4) is 0 Å². The molecule has 8 heteroatoms. The highest BCUT2D eigenvalue weighted by Gasteiger charge is 2.14. The van der Waals surface area contributed by atoms with Crippen LogP contribution in [-0.2, 0) is 9.53 Å². The van der Waals surface area contributed by atoms with Crippen LogP contribution in [0.25, 0.3) is 0 Å². The number of hydrogen-bond donors (Lipinski definition) is 2. The Morgan fingerprint density at radius 3 is 2.61 bits per heavy atom. The van der Waals surface area contributed by atoms with Crippen LogP contribution in [0.1, 0.15) is 10.4 Å². The second-order valence-electron chi connectivity index (χ2n) is 5.11. The number of morpholine rings is 1. The van der Waals surface area contributed by atoms with Crippen molar-refractivity contribution in [1.29, 1.82) is 0 Å². The highest BCUT2D eigenvalue weighted by molar-refractivity contribution is 5.96. The van der Waals surface area contributed by atoms with Crippen molar-refractivity contribution in [3.63, 3.8) is 0 Å². The number of hydrogen-bond acceptors (Lipinski definition) is 4. The lowest BCUT2D eigenvalue weighted by molar-refractivity contribution is -0.120. The van der Waals surface area contributed by atoms with Gasteiger partial charge in [0.1, 0.15) is 11.6 Å². The Bertz CT molecular complexity index is 563. The zero-order valence-electron chi connectivity index (χ0n) is 12.6. The van der Waals surface area contributed by atoms with Gasteiger partial charge >= 0.3 is 0 Å². The molecule has 1 saturated heterocycles. The number of nitrogens with one attached hydrogen (secondary N) is 2. The minimum absolute atomic E-state index is 0.265. The second kappa shape index (κ2) is 8.54. The van der Waals surface area contributed by atoms with E-state index in [-0.39, 0.29) is 18.0 Å². The van der Waals surface area contributed by atoms with Crippen LogP contribution in [0, 0.1) is 11.6 Å². The summed E-state index contributed by atoms with van der Waals surface area (Å²) >= 11 is 0. The third-order valence-corrected chi connectivity index (χ3v) is 3.44. The van der Waals surface area contributed by atoms with E-state index in [1.165, 1.54) is 0 Å². The van der Waals surface area contributed by atoms with E-state index in [0.717, 1.165) is 25.2 Å². The number of halogens is 2.